The first-order valence-corrected chi connectivity index (χ1v) is 7.90. The van der Waals surface area contributed by atoms with Gasteiger partial charge in [-0.05, 0) is 18.4 Å². The van der Waals surface area contributed by atoms with Crippen LogP contribution < -0.4 is 5.32 Å². The smallest absolute Gasteiger partial charge is 0.407 e. The number of carbonyl (C=O) groups excluding carboxylic acids is 1. The molecule has 0 bridgehead atoms. The average Bonchev–Trinajstić information content (AvgIpc) is 3.22. The second-order valence-corrected chi connectivity index (χ2v) is 6.06. The van der Waals surface area contributed by atoms with E-state index in [0.29, 0.717) is 35.9 Å². The molecule has 8 heteroatoms. The summed E-state index contributed by atoms with van der Waals surface area (Å²) in [6.07, 6.45) is -0.197. The van der Waals surface area contributed by atoms with Crippen molar-refractivity contribution in [2.75, 3.05) is 19.6 Å². The van der Waals surface area contributed by atoms with Crippen LogP contribution in [0.5, 0.6) is 0 Å². The van der Waals surface area contributed by atoms with Gasteiger partial charge in [-0.3, -0.25) is 4.79 Å². The van der Waals surface area contributed by atoms with Crippen molar-refractivity contribution in [1.82, 2.24) is 15.4 Å². The van der Waals surface area contributed by atoms with Gasteiger partial charge in [0.05, 0.1) is 5.02 Å². The maximum Gasteiger partial charge on any atom is 0.407 e. The topological polar surface area (TPSA) is 95.7 Å². The molecule has 1 saturated heterocycles. The molecule has 1 aliphatic rings. The van der Waals surface area contributed by atoms with Crippen molar-refractivity contribution < 1.29 is 19.2 Å². The molecule has 1 aromatic carbocycles. The summed E-state index contributed by atoms with van der Waals surface area (Å²) in [4.78, 5) is 24.4. The number of carboxylic acid groups (broad SMARTS) is 1. The first-order chi connectivity index (χ1) is 11.5. The van der Waals surface area contributed by atoms with Gasteiger partial charge in [0.15, 0.2) is 0 Å². The number of hydrogen-bond donors (Lipinski definition) is 2. The Balaban J connectivity index is 1.59. The number of amides is 2. The summed E-state index contributed by atoms with van der Waals surface area (Å²) in [7, 11) is 0. The van der Waals surface area contributed by atoms with Crippen LogP contribution in [0.1, 0.15) is 17.0 Å². The van der Waals surface area contributed by atoms with Gasteiger partial charge in [-0.25, -0.2) is 4.79 Å². The van der Waals surface area contributed by atoms with Gasteiger partial charge in [0.25, 0.3) is 5.91 Å². The fourth-order valence-corrected chi connectivity index (χ4v) is 2.91. The van der Waals surface area contributed by atoms with Gasteiger partial charge in [-0.1, -0.05) is 35.0 Å². The Morgan fingerprint density at radius 2 is 2.21 bits per heavy atom. The van der Waals surface area contributed by atoms with E-state index in [2.05, 4.69) is 10.5 Å². The highest BCUT2D eigenvalue weighted by Crippen LogP contribution is 2.27. The van der Waals surface area contributed by atoms with Crippen LogP contribution in [0.3, 0.4) is 0 Å². The Hall–Kier alpha value is -2.54. The number of likely N-dealkylation sites (tertiary alicyclic amines) is 1. The van der Waals surface area contributed by atoms with Crippen molar-refractivity contribution in [1.29, 1.82) is 0 Å². The van der Waals surface area contributed by atoms with Crippen molar-refractivity contribution >= 4 is 23.6 Å². The fraction of sp³-hybridized carbons (Fsp3) is 0.312. The largest absolute Gasteiger partial charge is 0.465 e. The molecule has 1 fully saturated rings. The minimum absolute atomic E-state index is 0.0954. The number of rotatable bonds is 4. The highest BCUT2D eigenvalue weighted by molar-refractivity contribution is 6.33. The Labute approximate surface area is 143 Å². The highest BCUT2D eigenvalue weighted by atomic mass is 35.5. The van der Waals surface area contributed by atoms with Crippen LogP contribution in [-0.2, 0) is 0 Å². The quantitative estimate of drug-likeness (QED) is 0.884. The van der Waals surface area contributed by atoms with E-state index in [1.165, 1.54) is 11.0 Å². The lowest BCUT2D eigenvalue weighted by atomic mass is 10.1. The van der Waals surface area contributed by atoms with E-state index in [4.69, 9.17) is 21.2 Å². The standard InChI is InChI=1S/C16H16ClN3O4/c17-12-4-2-1-3-11(12)13-7-14(24-19-13)15(21)18-8-10-5-6-20(9-10)16(22)23/h1-4,7,10H,5-6,8-9H2,(H,18,21)(H,22,23)/t10-/m1/s1. The summed E-state index contributed by atoms with van der Waals surface area (Å²) < 4.78 is 5.09. The van der Waals surface area contributed by atoms with E-state index >= 15 is 0 Å². The summed E-state index contributed by atoms with van der Waals surface area (Å²) in [5, 5.41) is 16.1. The van der Waals surface area contributed by atoms with E-state index in [0.717, 1.165) is 6.42 Å². The molecule has 0 saturated carbocycles. The number of hydrogen-bond acceptors (Lipinski definition) is 4. The summed E-state index contributed by atoms with van der Waals surface area (Å²) in [5.74, 6) is -0.177. The summed E-state index contributed by atoms with van der Waals surface area (Å²) >= 11 is 6.10. The van der Waals surface area contributed by atoms with Crippen LogP contribution in [0.2, 0.25) is 5.02 Å². The molecular weight excluding hydrogens is 334 g/mol. The molecule has 2 aromatic rings. The van der Waals surface area contributed by atoms with Gasteiger partial charge >= 0.3 is 6.09 Å². The van der Waals surface area contributed by atoms with Crippen LogP contribution in [0.4, 0.5) is 4.79 Å². The lowest BCUT2D eigenvalue weighted by molar-refractivity contribution is 0.0910. The van der Waals surface area contributed by atoms with Gasteiger partial charge in [-0.15, -0.1) is 0 Å². The highest BCUT2D eigenvalue weighted by Gasteiger charge is 2.26. The first-order valence-electron chi connectivity index (χ1n) is 7.52. The van der Waals surface area contributed by atoms with Crippen LogP contribution in [-0.4, -0.2) is 46.8 Å². The summed E-state index contributed by atoms with van der Waals surface area (Å²) in [5.41, 5.74) is 1.18. The van der Waals surface area contributed by atoms with E-state index in [-0.39, 0.29) is 17.6 Å². The minimum atomic E-state index is -0.927. The monoisotopic (exact) mass is 349 g/mol. The van der Waals surface area contributed by atoms with E-state index in [1.807, 2.05) is 12.1 Å². The second-order valence-electron chi connectivity index (χ2n) is 5.65. The van der Waals surface area contributed by atoms with Gasteiger partial charge < -0.3 is 19.8 Å². The maximum atomic E-state index is 12.1. The van der Waals surface area contributed by atoms with E-state index < -0.39 is 6.09 Å². The zero-order valence-corrected chi connectivity index (χ0v) is 13.5. The molecule has 2 N–H and O–H groups in total. The molecule has 0 aliphatic carbocycles. The number of benzene rings is 1. The predicted octanol–water partition coefficient (Wildman–Crippen LogP) is 2.72. The molecule has 1 aromatic heterocycles. The molecule has 3 rings (SSSR count). The van der Waals surface area contributed by atoms with Gasteiger partial charge in [-0.2, -0.15) is 0 Å². The number of aromatic nitrogens is 1. The number of halogens is 1. The average molecular weight is 350 g/mol. The third-order valence-corrected chi connectivity index (χ3v) is 4.32. The van der Waals surface area contributed by atoms with Crippen LogP contribution in [0.15, 0.2) is 34.9 Å². The Kier molecular flexibility index (Phi) is 4.71. The van der Waals surface area contributed by atoms with Crippen molar-refractivity contribution in [2.24, 2.45) is 5.92 Å². The fourth-order valence-electron chi connectivity index (χ4n) is 2.68. The van der Waals surface area contributed by atoms with Gasteiger partial charge in [0.2, 0.25) is 5.76 Å². The van der Waals surface area contributed by atoms with Crippen LogP contribution in [0, 0.1) is 5.92 Å². The van der Waals surface area contributed by atoms with Crippen LogP contribution >= 0.6 is 11.6 Å². The lowest BCUT2D eigenvalue weighted by Gasteiger charge is -2.12. The molecule has 2 amide bonds. The third kappa shape index (κ3) is 3.51. The van der Waals surface area contributed by atoms with Crippen molar-refractivity contribution in [3.63, 3.8) is 0 Å². The molecule has 0 radical (unpaired) electrons. The zero-order valence-electron chi connectivity index (χ0n) is 12.7. The summed E-state index contributed by atoms with van der Waals surface area (Å²) in [6.45, 7) is 1.32. The molecule has 0 unspecified atom stereocenters. The molecular formula is C16H16ClN3O4. The molecule has 0 spiro atoms. The van der Waals surface area contributed by atoms with Gasteiger partial charge in [0, 0.05) is 31.3 Å². The molecule has 7 nitrogen and oxygen atoms in total. The number of carbonyl (C=O) groups is 2. The Morgan fingerprint density at radius 1 is 1.42 bits per heavy atom. The second kappa shape index (κ2) is 6.92. The van der Waals surface area contributed by atoms with Gasteiger partial charge in [0.1, 0.15) is 5.69 Å². The van der Waals surface area contributed by atoms with E-state index in [9.17, 15) is 9.59 Å². The maximum absolute atomic E-state index is 12.1. The predicted molar refractivity (Wildman–Crippen MR) is 87.0 cm³/mol. The van der Waals surface area contributed by atoms with Crippen molar-refractivity contribution in [3.05, 3.63) is 41.1 Å². The molecule has 2 heterocycles. The molecule has 126 valence electrons. The van der Waals surface area contributed by atoms with Crippen molar-refractivity contribution in [2.45, 2.75) is 6.42 Å². The van der Waals surface area contributed by atoms with E-state index in [1.54, 1.807) is 12.1 Å². The normalized spacial score (nSPS) is 17.0. The van der Waals surface area contributed by atoms with Crippen LogP contribution in [0.25, 0.3) is 11.3 Å². The Bertz CT molecular complexity index is 761. The number of nitrogens with one attached hydrogen (secondary N) is 1. The summed E-state index contributed by atoms with van der Waals surface area (Å²) in [6, 6.07) is 8.70. The third-order valence-electron chi connectivity index (χ3n) is 3.99. The zero-order chi connectivity index (χ0) is 17.1. The lowest BCUT2D eigenvalue weighted by Crippen LogP contribution is -2.32. The first kappa shape index (κ1) is 16.3. The molecule has 1 atom stereocenters. The SMILES string of the molecule is O=C(NC[C@H]1CCN(C(=O)O)C1)c1cc(-c2ccccc2Cl)no1. The molecule has 24 heavy (non-hydrogen) atoms. The minimum Gasteiger partial charge on any atom is -0.465 e. The number of nitrogens with zero attached hydrogens (tertiary/aromatic N) is 2. The van der Waals surface area contributed by atoms with Crippen molar-refractivity contribution in [3.8, 4) is 11.3 Å². The Morgan fingerprint density at radius 3 is 2.92 bits per heavy atom. The molecule has 1 aliphatic heterocycles.